The van der Waals surface area contributed by atoms with Crippen molar-refractivity contribution in [3.63, 3.8) is 0 Å². The number of aromatic nitrogens is 1. The number of carbonyl (C=O) groups is 1. The number of primary sulfonamides is 1. The van der Waals surface area contributed by atoms with Crippen molar-refractivity contribution < 1.29 is 17.6 Å². The average molecular weight is 303 g/mol. The van der Waals surface area contributed by atoms with Crippen molar-refractivity contribution in [1.82, 2.24) is 9.88 Å². The van der Waals surface area contributed by atoms with Gasteiger partial charge in [0, 0.05) is 18.8 Å². The Bertz CT molecular complexity index is 593. The molecule has 0 aromatic carbocycles. The quantitative estimate of drug-likeness (QED) is 0.766. The standard InChI is InChI=1S/C12H18FN3O3S/c13-5-2-6-15-12(17)11-7-10(20(14,18)19)8-16(11)9-3-1-4-9/h7-9H,1-6H2,(H,15,17)(H2,14,18,19). The number of hydrogen-bond donors (Lipinski definition) is 2. The Morgan fingerprint density at radius 2 is 2.20 bits per heavy atom. The lowest BCUT2D eigenvalue weighted by atomic mass is 9.93. The second-order valence-corrected chi connectivity index (χ2v) is 6.46. The number of carbonyl (C=O) groups excluding carboxylic acids is 1. The minimum Gasteiger partial charge on any atom is -0.351 e. The van der Waals surface area contributed by atoms with Crippen molar-refractivity contribution >= 4 is 15.9 Å². The zero-order valence-corrected chi connectivity index (χ0v) is 11.8. The third kappa shape index (κ3) is 3.18. The number of hydrogen-bond acceptors (Lipinski definition) is 3. The molecule has 0 radical (unpaired) electrons. The van der Waals surface area contributed by atoms with Crippen LogP contribution in [0.4, 0.5) is 4.39 Å². The fourth-order valence-corrected chi connectivity index (χ4v) is 2.65. The highest BCUT2D eigenvalue weighted by Gasteiger charge is 2.26. The summed E-state index contributed by atoms with van der Waals surface area (Å²) < 4.78 is 36.5. The molecule has 0 unspecified atom stereocenters. The van der Waals surface area contributed by atoms with Crippen molar-refractivity contribution in [2.45, 2.75) is 36.6 Å². The van der Waals surface area contributed by atoms with E-state index in [0.717, 1.165) is 19.3 Å². The third-order valence-electron chi connectivity index (χ3n) is 3.45. The number of nitrogens with one attached hydrogen (secondary N) is 1. The lowest BCUT2D eigenvalue weighted by Gasteiger charge is -2.28. The summed E-state index contributed by atoms with van der Waals surface area (Å²) in [6.07, 6.45) is 4.50. The molecular weight excluding hydrogens is 285 g/mol. The highest BCUT2D eigenvalue weighted by molar-refractivity contribution is 7.89. The minimum absolute atomic E-state index is 0.0694. The summed E-state index contributed by atoms with van der Waals surface area (Å²) in [7, 11) is -3.84. The second kappa shape index (κ2) is 5.92. The first-order valence-corrected chi connectivity index (χ1v) is 8.07. The van der Waals surface area contributed by atoms with E-state index in [9.17, 15) is 17.6 Å². The minimum atomic E-state index is -3.84. The Balaban J connectivity index is 2.25. The molecule has 1 saturated carbocycles. The Morgan fingerprint density at radius 3 is 2.70 bits per heavy atom. The van der Waals surface area contributed by atoms with Gasteiger partial charge in [0.15, 0.2) is 0 Å². The van der Waals surface area contributed by atoms with E-state index in [2.05, 4.69) is 5.32 Å². The predicted molar refractivity (Wildman–Crippen MR) is 71.6 cm³/mol. The monoisotopic (exact) mass is 303 g/mol. The Morgan fingerprint density at radius 1 is 1.50 bits per heavy atom. The zero-order valence-electron chi connectivity index (χ0n) is 11.0. The van der Waals surface area contributed by atoms with Gasteiger partial charge in [0.2, 0.25) is 10.0 Å². The molecule has 1 heterocycles. The molecule has 1 amide bonds. The van der Waals surface area contributed by atoms with Crippen LogP contribution in [0.15, 0.2) is 17.2 Å². The van der Waals surface area contributed by atoms with Crippen LogP contribution in [0.25, 0.3) is 0 Å². The lowest BCUT2D eigenvalue weighted by molar-refractivity contribution is 0.0937. The number of amides is 1. The molecule has 20 heavy (non-hydrogen) atoms. The molecule has 1 aliphatic carbocycles. The fraction of sp³-hybridized carbons (Fsp3) is 0.583. The van der Waals surface area contributed by atoms with Gasteiger partial charge in [-0.05, 0) is 31.7 Å². The lowest BCUT2D eigenvalue weighted by Crippen LogP contribution is -2.29. The van der Waals surface area contributed by atoms with Crippen molar-refractivity contribution in [2.75, 3.05) is 13.2 Å². The van der Waals surface area contributed by atoms with E-state index in [1.54, 1.807) is 4.57 Å². The predicted octanol–water partition coefficient (Wildman–Crippen LogP) is 0.950. The zero-order chi connectivity index (χ0) is 14.8. The highest BCUT2D eigenvalue weighted by Crippen LogP contribution is 2.34. The van der Waals surface area contributed by atoms with E-state index in [1.165, 1.54) is 12.3 Å². The molecule has 0 bridgehead atoms. The van der Waals surface area contributed by atoms with Crippen molar-refractivity contribution in [1.29, 1.82) is 0 Å². The first-order chi connectivity index (χ1) is 9.43. The maximum absolute atomic E-state index is 12.0. The number of nitrogens with two attached hydrogens (primary N) is 1. The van der Waals surface area contributed by atoms with Crippen molar-refractivity contribution in [3.05, 3.63) is 18.0 Å². The van der Waals surface area contributed by atoms with Crippen LogP contribution in [0, 0.1) is 0 Å². The maximum atomic E-state index is 12.0. The Kier molecular flexibility index (Phi) is 4.44. The van der Waals surface area contributed by atoms with Crippen LogP contribution in [0.5, 0.6) is 0 Å². The normalized spacial score (nSPS) is 15.9. The highest BCUT2D eigenvalue weighted by atomic mass is 32.2. The fourth-order valence-electron chi connectivity index (χ4n) is 2.12. The third-order valence-corrected chi connectivity index (χ3v) is 4.33. The van der Waals surface area contributed by atoms with E-state index >= 15 is 0 Å². The maximum Gasteiger partial charge on any atom is 0.267 e. The average Bonchev–Trinajstić information content (AvgIpc) is 2.71. The van der Waals surface area contributed by atoms with E-state index in [1.807, 2.05) is 0 Å². The molecular formula is C12H18FN3O3S. The van der Waals surface area contributed by atoms with E-state index in [4.69, 9.17) is 5.14 Å². The number of nitrogens with zero attached hydrogens (tertiary/aromatic N) is 1. The van der Waals surface area contributed by atoms with Crippen LogP contribution >= 0.6 is 0 Å². The molecule has 1 aromatic heterocycles. The molecule has 1 aromatic rings. The van der Waals surface area contributed by atoms with Crippen molar-refractivity contribution in [2.24, 2.45) is 5.14 Å². The molecule has 6 nitrogen and oxygen atoms in total. The molecule has 1 fully saturated rings. The van der Waals surface area contributed by atoms with Gasteiger partial charge in [-0.1, -0.05) is 0 Å². The molecule has 0 aliphatic heterocycles. The Labute approximate surface area is 117 Å². The number of rotatable bonds is 6. The molecule has 3 N–H and O–H groups in total. The summed E-state index contributed by atoms with van der Waals surface area (Å²) in [6.45, 7) is -0.289. The summed E-state index contributed by atoms with van der Waals surface area (Å²) >= 11 is 0. The van der Waals surface area contributed by atoms with Gasteiger partial charge in [0.05, 0.1) is 6.67 Å². The first-order valence-electron chi connectivity index (χ1n) is 6.52. The van der Waals surface area contributed by atoms with Gasteiger partial charge in [0.1, 0.15) is 10.6 Å². The van der Waals surface area contributed by atoms with E-state index in [0.29, 0.717) is 0 Å². The number of halogens is 1. The molecule has 1 aliphatic rings. The van der Waals surface area contributed by atoms with Gasteiger partial charge in [-0.3, -0.25) is 9.18 Å². The van der Waals surface area contributed by atoms with Crippen LogP contribution in [-0.4, -0.2) is 32.1 Å². The molecule has 0 atom stereocenters. The van der Waals surface area contributed by atoms with Gasteiger partial charge in [0.25, 0.3) is 5.91 Å². The summed E-state index contributed by atoms with van der Waals surface area (Å²) in [6, 6.07) is 1.41. The second-order valence-electron chi connectivity index (χ2n) is 4.90. The smallest absolute Gasteiger partial charge is 0.267 e. The summed E-state index contributed by atoms with van der Waals surface area (Å²) in [5.74, 6) is -0.403. The number of alkyl halides is 1. The van der Waals surface area contributed by atoms with E-state index < -0.39 is 22.6 Å². The molecule has 8 heteroatoms. The molecule has 2 rings (SSSR count). The van der Waals surface area contributed by atoms with Gasteiger partial charge in [-0.25, -0.2) is 13.6 Å². The van der Waals surface area contributed by atoms with Crippen LogP contribution < -0.4 is 10.5 Å². The number of sulfonamides is 1. The largest absolute Gasteiger partial charge is 0.351 e. The van der Waals surface area contributed by atoms with Crippen LogP contribution in [0.1, 0.15) is 42.2 Å². The summed E-state index contributed by atoms with van der Waals surface area (Å²) in [5, 5.41) is 7.67. The molecule has 0 spiro atoms. The van der Waals surface area contributed by atoms with Gasteiger partial charge in [-0.2, -0.15) is 0 Å². The van der Waals surface area contributed by atoms with E-state index in [-0.39, 0.29) is 29.6 Å². The van der Waals surface area contributed by atoms with Crippen LogP contribution in [-0.2, 0) is 10.0 Å². The first kappa shape index (κ1) is 15.0. The van der Waals surface area contributed by atoms with Crippen molar-refractivity contribution in [3.8, 4) is 0 Å². The van der Waals surface area contributed by atoms with Gasteiger partial charge in [-0.15, -0.1) is 0 Å². The molecule has 112 valence electrons. The Hall–Kier alpha value is -1.41. The van der Waals surface area contributed by atoms with Crippen LogP contribution in [0.2, 0.25) is 0 Å². The van der Waals surface area contributed by atoms with Crippen LogP contribution in [0.3, 0.4) is 0 Å². The molecule has 0 saturated heterocycles. The van der Waals surface area contributed by atoms with Gasteiger partial charge >= 0.3 is 0 Å². The topological polar surface area (TPSA) is 94.2 Å². The van der Waals surface area contributed by atoms with Gasteiger partial charge < -0.3 is 9.88 Å². The summed E-state index contributed by atoms with van der Waals surface area (Å²) in [4.78, 5) is 12.0. The summed E-state index contributed by atoms with van der Waals surface area (Å²) in [5.41, 5.74) is 0.262. The SMILES string of the molecule is NS(=O)(=O)c1cc(C(=O)NCCCF)n(C2CCC2)c1.